The highest BCUT2D eigenvalue weighted by molar-refractivity contribution is 6.06. The van der Waals surface area contributed by atoms with Crippen LogP contribution in [0, 0.1) is 29.6 Å². The van der Waals surface area contributed by atoms with Gasteiger partial charge in [0.2, 0.25) is 11.8 Å². The molecule has 1 aromatic carbocycles. The van der Waals surface area contributed by atoms with Gasteiger partial charge in [0.25, 0.3) is 0 Å². The molecule has 32 heavy (non-hydrogen) atoms. The van der Waals surface area contributed by atoms with Crippen molar-refractivity contribution in [3.8, 4) is 5.75 Å². The van der Waals surface area contributed by atoms with Crippen LogP contribution in [0.3, 0.4) is 0 Å². The minimum absolute atomic E-state index is 0.0297. The van der Waals surface area contributed by atoms with Gasteiger partial charge in [-0.25, -0.2) is 0 Å². The van der Waals surface area contributed by atoms with Gasteiger partial charge < -0.3 is 9.47 Å². The number of carbonyl (C=O) groups is 4. The molecule has 0 spiro atoms. The van der Waals surface area contributed by atoms with E-state index in [9.17, 15) is 19.2 Å². The average molecular weight is 440 g/mol. The smallest absolute Gasteiger partial charge is 0.309 e. The molecule has 2 bridgehead atoms. The molecule has 1 saturated heterocycles. The fourth-order valence-electron chi connectivity index (χ4n) is 6.50. The summed E-state index contributed by atoms with van der Waals surface area (Å²) in [6, 6.07) is 6.63. The third-order valence-electron chi connectivity index (χ3n) is 8.09. The standard InChI is InChI=1S/C25H29NO6/c1-31-19-4-2-3-15(12-19)20(27)13-32-25(30)14-7-9-18(10-8-14)26-23(28)21-16-5-6-17(11-16)22(21)24(26)29/h2-4,12,14,16-18,21-22H,5-11,13H2,1H3. The molecule has 4 unspecified atom stereocenters. The fourth-order valence-corrected chi connectivity index (χ4v) is 6.50. The van der Waals surface area contributed by atoms with E-state index in [-0.39, 0.29) is 54.0 Å². The molecule has 2 amide bonds. The predicted molar refractivity (Wildman–Crippen MR) is 114 cm³/mol. The van der Waals surface area contributed by atoms with Crippen LogP contribution in [0.2, 0.25) is 0 Å². The number of hydrogen-bond donors (Lipinski definition) is 0. The third-order valence-corrected chi connectivity index (χ3v) is 8.09. The Balaban J connectivity index is 1.13. The lowest BCUT2D eigenvalue weighted by Gasteiger charge is -2.33. The number of esters is 1. The minimum atomic E-state index is -0.381. The van der Waals surface area contributed by atoms with E-state index in [1.165, 1.54) is 7.11 Å². The Morgan fingerprint density at radius 3 is 2.25 bits per heavy atom. The van der Waals surface area contributed by atoms with Gasteiger partial charge in [-0.15, -0.1) is 0 Å². The number of ketones is 1. The zero-order valence-corrected chi connectivity index (χ0v) is 18.3. The quantitative estimate of drug-likeness (QED) is 0.385. The van der Waals surface area contributed by atoms with E-state index >= 15 is 0 Å². The topological polar surface area (TPSA) is 90.0 Å². The Kier molecular flexibility index (Phi) is 5.51. The van der Waals surface area contributed by atoms with Crippen LogP contribution in [0.25, 0.3) is 0 Å². The number of imide groups is 1. The van der Waals surface area contributed by atoms with Crippen molar-refractivity contribution in [2.45, 2.75) is 51.0 Å². The molecule has 5 rings (SSSR count). The normalized spacial score (nSPS) is 33.3. The number of amides is 2. The summed E-state index contributed by atoms with van der Waals surface area (Å²) in [4.78, 5) is 52.5. The lowest BCUT2D eigenvalue weighted by Crippen LogP contribution is -2.44. The first-order valence-corrected chi connectivity index (χ1v) is 11.7. The van der Waals surface area contributed by atoms with Gasteiger partial charge in [-0.05, 0) is 68.9 Å². The lowest BCUT2D eigenvalue weighted by molar-refractivity contribution is -0.149. The molecule has 3 saturated carbocycles. The van der Waals surface area contributed by atoms with Crippen LogP contribution in [0.1, 0.15) is 55.3 Å². The molecule has 170 valence electrons. The van der Waals surface area contributed by atoms with E-state index in [1.807, 2.05) is 0 Å². The monoisotopic (exact) mass is 439 g/mol. The Labute approximate surface area is 187 Å². The molecule has 1 aliphatic heterocycles. The summed E-state index contributed by atoms with van der Waals surface area (Å²) in [6.45, 7) is -0.304. The Hall–Kier alpha value is -2.70. The molecule has 4 aliphatic rings. The summed E-state index contributed by atoms with van der Waals surface area (Å²) in [7, 11) is 1.53. The second kappa shape index (κ2) is 8.34. The number of hydrogen-bond acceptors (Lipinski definition) is 6. The van der Waals surface area contributed by atoms with Crippen LogP contribution in [-0.4, -0.2) is 48.2 Å². The van der Waals surface area contributed by atoms with E-state index in [1.54, 1.807) is 29.2 Å². The maximum absolute atomic E-state index is 13.0. The molecule has 4 atom stereocenters. The van der Waals surface area contributed by atoms with Gasteiger partial charge in [0.1, 0.15) is 5.75 Å². The highest BCUT2D eigenvalue weighted by Gasteiger charge is 2.61. The van der Waals surface area contributed by atoms with E-state index in [0.29, 0.717) is 48.8 Å². The summed E-state index contributed by atoms with van der Waals surface area (Å²) in [5, 5.41) is 0. The van der Waals surface area contributed by atoms with Crippen LogP contribution in [-0.2, 0) is 19.1 Å². The van der Waals surface area contributed by atoms with E-state index in [4.69, 9.17) is 9.47 Å². The molecule has 0 radical (unpaired) electrons. The number of rotatable bonds is 6. The summed E-state index contributed by atoms with van der Waals surface area (Å²) < 4.78 is 10.4. The zero-order valence-electron chi connectivity index (χ0n) is 18.3. The van der Waals surface area contributed by atoms with Crippen molar-refractivity contribution in [3.05, 3.63) is 29.8 Å². The number of fused-ring (bicyclic) bond motifs is 5. The predicted octanol–water partition coefficient (Wildman–Crippen LogP) is 3.01. The first-order chi connectivity index (χ1) is 15.5. The second-order valence-electron chi connectivity index (χ2n) is 9.70. The third kappa shape index (κ3) is 3.51. The van der Waals surface area contributed by atoms with Gasteiger partial charge in [-0.3, -0.25) is 24.1 Å². The first kappa shape index (κ1) is 21.2. The first-order valence-electron chi connectivity index (χ1n) is 11.7. The fraction of sp³-hybridized carbons (Fsp3) is 0.600. The number of Topliss-reactive ketones (excluding diaryl/α,β-unsaturated/α-hetero) is 1. The summed E-state index contributed by atoms with van der Waals surface area (Å²) in [6.07, 6.45) is 5.56. The molecule has 1 heterocycles. The van der Waals surface area contributed by atoms with E-state index in [2.05, 4.69) is 0 Å². The highest BCUT2D eigenvalue weighted by atomic mass is 16.5. The maximum atomic E-state index is 13.0. The van der Waals surface area contributed by atoms with Crippen molar-refractivity contribution in [2.24, 2.45) is 29.6 Å². The lowest BCUT2D eigenvalue weighted by atomic mass is 9.81. The van der Waals surface area contributed by atoms with Crippen molar-refractivity contribution in [3.63, 3.8) is 0 Å². The van der Waals surface area contributed by atoms with Gasteiger partial charge in [0.15, 0.2) is 12.4 Å². The number of nitrogens with zero attached hydrogens (tertiary/aromatic N) is 1. The zero-order chi connectivity index (χ0) is 22.4. The highest BCUT2D eigenvalue weighted by Crippen LogP contribution is 2.56. The van der Waals surface area contributed by atoms with Crippen molar-refractivity contribution >= 4 is 23.6 Å². The average Bonchev–Trinajstić information content (AvgIpc) is 3.51. The Morgan fingerprint density at radius 1 is 0.969 bits per heavy atom. The molecule has 7 nitrogen and oxygen atoms in total. The molecule has 7 heteroatoms. The van der Waals surface area contributed by atoms with Crippen molar-refractivity contribution in [2.75, 3.05) is 13.7 Å². The SMILES string of the molecule is COc1cccc(C(=O)COC(=O)C2CCC(N3C(=O)C4C5CCC(C5)C4C3=O)CC2)c1. The van der Waals surface area contributed by atoms with Crippen molar-refractivity contribution in [1.29, 1.82) is 0 Å². The molecule has 1 aromatic rings. The largest absolute Gasteiger partial charge is 0.497 e. The van der Waals surface area contributed by atoms with Gasteiger partial charge >= 0.3 is 5.97 Å². The molecule has 4 fully saturated rings. The van der Waals surface area contributed by atoms with Gasteiger partial charge in [-0.2, -0.15) is 0 Å². The second-order valence-corrected chi connectivity index (χ2v) is 9.70. The molecule has 0 N–H and O–H groups in total. The molecular weight excluding hydrogens is 410 g/mol. The van der Waals surface area contributed by atoms with Crippen LogP contribution >= 0.6 is 0 Å². The van der Waals surface area contributed by atoms with Crippen molar-refractivity contribution < 1.29 is 28.7 Å². The maximum Gasteiger partial charge on any atom is 0.309 e. The minimum Gasteiger partial charge on any atom is -0.497 e. The van der Waals surface area contributed by atoms with Crippen LogP contribution in [0.4, 0.5) is 0 Å². The van der Waals surface area contributed by atoms with Gasteiger partial charge in [0.05, 0.1) is 24.9 Å². The number of carbonyl (C=O) groups excluding carboxylic acids is 4. The Bertz CT molecular complexity index is 922. The summed E-state index contributed by atoms with van der Waals surface area (Å²) in [5.74, 6) is 0.271. The van der Waals surface area contributed by atoms with Crippen molar-refractivity contribution in [1.82, 2.24) is 4.90 Å². The number of ether oxygens (including phenoxy) is 2. The number of likely N-dealkylation sites (tertiary alicyclic amines) is 1. The van der Waals surface area contributed by atoms with Gasteiger partial charge in [0, 0.05) is 11.6 Å². The number of methoxy groups -OCH3 is 1. The van der Waals surface area contributed by atoms with Gasteiger partial charge in [-0.1, -0.05) is 12.1 Å². The Morgan fingerprint density at radius 2 is 1.62 bits per heavy atom. The molecular formula is C25H29NO6. The van der Waals surface area contributed by atoms with Crippen LogP contribution in [0.5, 0.6) is 5.75 Å². The number of benzene rings is 1. The van der Waals surface area contributed by atoms with E-state index < -0.39 is 0 Å². The molecule has 0 aromatic heterocycles. The van der Waals surface area contributed by atoms with Crippen LogP contribution in [0.15, 0.2) is 24.3 Å². The van der Waals surface area contributed by atoms with Crippen LogP contribution < -0.4 is 4.74 Å². The van der Waals surface area contributed by atoms with E-state index in [0.717, 1.165) is 19.3 Å². The summed E-state index contributed by atoms with van der Waals surface area (Å²) in [5.41, 5.74) is 0.437. The summed E-state index contributed by atoms with van der Waals surface area (Å²) >= 11 is 0. The molecule has 3 aliphatic carbocycles.